The van der Waals surface area contributed by atoms with Crippen molar-refractivity contribution >= 4 is 11.8 Å². The number of fused-ring (bicyclic) bond motifs is 7. The van der Waals surface area contributed by atoms with E-state index in [-0.39, 0.29) is 39.1 Å². The molecule has 6 atom stereocenters. The van der Waals surface area contributed by atoms with Crippen LogP contribution in [0.2, 0.25) is 0 Å². The van der Waals surface area contributed by atoms with Crippen molar-refractivity contribution in [1.82, 2.24) is 0 Å². The number of carbonyl (C=O) groups is 2. The second kappa shape index (κ2) is 7.23. The van der Waals surface area contributed by atoms with E-state index in [1.165, 1.54) is 5.57 Å². The van der Waals surface area contributed by atoms with E-state index in [4.69, 9.17) is 0 Å². The van der Waals surface area contributed by atoms with E-state index in [0.717, 1.165) is 56.1 Å². The molecule has 35 heavy (non-hydrogen) atoms. The SMILES string of the molecule is CC1=C(O)C(=O)C=C2C1=CC=C1[C@@]2(C)CC[C@@]2(C)[C@@H]3C[C@@](C(=O)O)(C(C)C)CC[C@]3(C)CC[C@]12C. The van der Waals surface area contributed by atoms with E-state index in [0.29, 0.717) is 11.5 Å². The lowest BCUT2D eigenvalue weighted by Gasteiger charge is -2.70. The van der Waals surface area contributed by atoms with Gasteiger partial charge in [-0.3, -0.25) is 9.59 Å². The third-order valence-corrected chi connectivity index (χ3v) is 12.2. The van der Waals surface area contributed by atoms with Gasteiger partial charge in [0.05, 0.1) is 5.41 Å². The van der Waals surface area contributed by atoms with E-state index in [9.17, 15) is 19.8 Å². The third-order valence-electron chi connectivity index (χ3n) is 12.2. The molecule has 4 heteroatoms. The zero-order chi connectivity index (χ0) is 25.8. The number of carboxylic acids is 1. The topological polar surface area (TPSA) is 74.6 Å². The Morgan fingerprint density at radius 1 is 1.00 bits per heavy atom. The zero-order valence-corrected chi connectivity index (χ0v) is 22.5. The summed E-state index contributed by atoms with van der Waals surface area (Å²) in [6.07, 6.45) is 12.7. The summed E-state index contributed by atoms with van der Waals surface area (Å²) < 4.78 is 0. The average molecular weight is 479 g/mol. The second-order valence-electron chi connectivity index (χ2n) is 13.7. The minimum atomic E-state index is -0.655. The van der Waals surface area contributed by atoms with Gasteiger partial charge in [0.25, 0.3) is 0 Å². The van der Waals surface area contributed by atoms with Crippen LogP contribution in [0.25, 0.3) is 0 Å². The van der Waals surface area contributed by atoms with Crippen LogP contribution in [-0.2, 0) is 9.59 Å². The molecule has 5 rings (SSSR count). The second-order valence-corrected chi connectivity index (χ2v) is 13.7. The molecule has 0 heterocycles. The highest BCUT2D eigenvalue weighted by molar-refractivity contribution is 6.06. The Morgan fingerprint density at radius 3 is 2.29 bits per heavy atom. The predicted octanol–water partition coefficient (Wildman–Crippen LogP) is 7.33. The van der Waals surface area contributed by atoms with Gasteiger partial charge in [0.1, 0.15) is 0 Å². The number of hydrogen-bond donors (Lipinski definition) is 2. The number of carbonyl (C=O) groups excluding carboxylic acids is 1. The lowest BCUT2D eigenvalue weighted by Crippen LogP contribution is -2.63. The van der Waals surface area contributed by atoms with Crippen LogP contribution in [0, 0.1) is 38.9 Å². The van der Waals surface area contributed by atoms with Gasteiger partial charge in [0, 0.05) is 11.0 Å². The number of carboxylic acid groups (broad SMARTS) is 1. The molecule has 0 aromatic heterocycles. The first-order valence-corrected chi connectivity index (χ1v) is 13.5. The minimum absolute atomic E-state index is 0.0149. The molecule has 0 aromatic rings. The summed E-state index contributed by atoms with van der Waals surface area (Å²) >= 11 is 0. The number of ketones is 1. The predicted molar refractivity (Wildman–Crippen MR) is 138 cm³/mol. The van der Waals surface area contributed by atoms with Gasteiger partial charge in [-0.2, -0.15) is 0 Å². The Bertz CT molecular complexity index is 1150. The quantitative estimate of drug-likeness (QED) is 0.435. The molecule has 0 radical (unpaired) electrons. The lowest BCUT2D eigenvalue weighted by molar-refractivity contribution is -0.186. The van der Waals surface area contributed by atoms with Crippen LogP contribution in [0.5, 0.6) is 0 Å². The summed E-state index contributed by atoms with van der Waals surface area (Å²) in [6, 6.07) is 0. The first-order chi connectivity index (χ1) is 16.2. The lowest BCUT2D eigenvalue weighted by atomic mass is 9.34. The maximum absolute atomic E-state index is 12.7. The van der Waals surface area contributed by atoms with E-state index in [1.807, 2.05) is 6.92 Å². The van der Waals surface area contributed by atoms with Crippen molar-refractivity contribution in [3.05, 3.63) is 46.3 Å². The molecule has 4 nitrogen and oxygen atoms in total. The molecule has 0 unspecified atom stereocenters. The van der Waals surface area contributed by atoms with Crippen LogP contribution in [-0.4, -0.2) is 22.0 Å². The van der Waals surface area contributed by atoms with Crippen molar-refractivity contribution in [2.45, 2.75) is 93.4 Å². The highest BCUT2D eigenvalue weighted by atomic mass is 16.4. The monoisotopic (exact) mass is 478 g/mol. The fraction of sp³-hybridized carbons (Fsp3) is 0.677. The van der Waals surface area contributed by atoms with Crippen LogP contribution in [0.3, 0.4) is 0 Å². The van der Waals surface area contributed by atoms with Gasteiger partial charge in [-0.1, -0.05) is 59.3 Å². The van der Waals surface area contributed by atoms with Crippen LogP contribution in [0.4, 0.5) is 0 Å². The summed E-state index contributed by atoms with van der Waals surface area (Å²) in [4.78, 5) is 25.3. The largest absolute Gasteiger partial charge is 0.504 e. The highest BCUT2D eigenvalue weighted by Crippen LogP contribution is 2.75. The molecular formula is C31H42O4. The molecule has 0 bridgehead atoms. The molecule has 0 saturated heterocycles. The summed E-state index contributed by atoms with van der Waals surface area (Å²) in [5.74, 6) is -0.604. The Labute approximate surface area is 210 Å². The van der Waals surface area contributed by atoms with Gasteiger partial charge >= 0.3 is 5.97 Å². The number of rotatable bonds is 2. The number of hydrogen-bond acceptors (Lipinski definition) is 3. The van der Waals surface area contributed by atoms with Crippen LogP contribution in [0.15, 0.2) is 46.3 Å². The fourth-order valence-corrected chi connectivity index (χ4v) is 9.28. The zero-order valence-electron chi connectivity index (χ0n) is 22.5. The number of aliphatic carboxylic acids is 1. The van der Waals surface area contributed by atoms with E-state index >= 15 is 0 Å². The fourth-order valence-electron chi connectivity index (χ4n) is 9.28. The van der Waals surface area contributed by atoms with Crippen LogP contribution >= 0.6 is 0 Å². The molecule has 0 aliphatic heterocycles. The molecule has 3 saturated carbocycles. The maximum atomic E-state index is 12.7. The summed E-state index contributed by atoms with van der Waals surface area (Å²) in [5.41, 5.74) is 3.28. The number of aliphatic hydroxyl groups excluding tert-OH is 1. The van der Waals surface area contributed by atoms with E-state index < -0.39 is 11.4 Å². The van der Waals surface area contributed by atoms with Gasteiger partial charge < -0.3 is 10.2 Å². The summed E-state index contributed by atoms with van der Waals surface area (Å²) in [5, 5.41) is 20.7. The molecule has 0 amide bonds. The molecule has 3 fully saturated rings. The van der Waals surface area contributed by atoms with Crippen molar-refractivity contribution < 1.29 is 19.8 Å². The molecule has 2 N–H and O–H groups in total. The molecule has 0 aromatic carbocycles. The highest BCUT2D eigenvalue weighted by Gasteiger charge is 2.68. The molecular weight excluding hydrogens is 436 g/mol. The van der Waals surface area contributed by atoms with Gasteiger partial charge in [-0.05, 0) is 97.2 Å². The van der Waals surface area contributed by atoms with Gasteiger partial charge in [0.15, 0.2) is 5.76 Å². The molecule has 0 spiro atoms. The van der Waals surface area contributed by atoms with Crippen molar-refractivity contribution in [2.24, 2.45) is 38.9 Å². The molecule has 190 valence electrons. The molecule has 5 aliphatic rings. The Balaban J connectivity index is 1.64. The van der Waals surface area contributed by atoms with Gasteiger partial charge in [-0.15, -0.1) is 0 Å². The first-order valence-electron chi connectivity index (χ1n) is 13.5. The average Bonchev–Trinajstić information content (AvgIpc) is 2.79. The smallest absolute Gasteiger partial charge is 0.309 e. The summed E-state index contributed by atoms with van der Waals surface area (Å²) in [6.45, 7) is 15.6. The third kappa shape index (κ3) is 2.86. The van der Waals surface area contributed by atoms with Crippen LogP contribution < -0.4 is 0 Å². The maximum Gasteiger partial charge on any atom is 0.309 e. The Hall–Kier alpha value is -2.10. The summed E-state index contributed by atoms with van der Waals surface area (Å²) in [7, 11) is 0. The van der Waals surface area contributed by atoms with Crippen molar-refractivity contribution in [3.8, 4) is 0 Å². The minimum Gasteiger partial charge on any atom is -0.504 e. The number of allylic oxidation sites excluding steroid dienone is 7. The first kappa shape index (κ1) is 24.6. The van der Waals surface area contributed by atoms with E-state index in [2.05, 4.69) is 53.7 Å². The number of aliphatic hydroxyl groups is 1. The standard InChI is InChI=1S/C31H42O4/c1-18(2)31(26(34)35)15-11-27(4)10-13-29(6)23-9-8-20-19(3)25(33)22(32)16-21(20)28(23,5)12-14-30(29,7)24(27)17-31/h8-9,16,18,24,33H,10-15,17H2,1-7H3,(H,34,35)/t24-,27+,28+,29-,30+,31-/m1/s1. The van der Waals surface area contributed by atoms with Crippen molar-refractivity contribution in [1.29, 1.82) is 0 Å². The van der Waals surface area contributed by atoms with E-state index in [1.54, 1.807) is 6.08 Å². The normalized spacial score (nSPS) is 45.0. The van der Waals surface area contributed by atoms with Gasteiger partial charge in [0.2, 0.25) is 5.78 Å². The van der Waals surface area contributed by atoms with Crippen molar-refractivity contribution in [2.75, 3.05) is 0 Å². The van der Waals surface area contributed by atoms with Crippen molar-refractivity contribution in [3.63, 3.8) is 0 Å². The molecule has 5 aliphatic carbocycles. The van der Waals surface area contributed by atoms with Gasteiger partial charge in [-0.25, -0.2) is 0 Å². The Morgan fingerprint density at radius 2 is 1.66 bits per heavy atom. The Kier molecular flexibility index (Phi) is 5.08. The van der Waals surface area contributed by atoms with Crippen LogP contribution in [0.1, 0.15) is 93.4 Å².